The molecule has 1 atom stereocenters. The van der Waals surface area contributed by atoms with Crippen molar-refractivity contribution in [1.29, 1.82) is 0 Å². The molecule has 2 rings (SSSR count). The van der Waals surface area contributed by atoms with Crippen LogP contribution in [0.2, 0.25) is 0 Å². The van der Waals surface area contributed by atoms with E-state index in [9.17, 15) is 4.79 Å². The van der Waals surface area contributed by atoms with Gasteiger partial charge in [0.2, 0.25) is 5.91 Å². The van der Waals surface area contributed by atoms with Crippen LogP contribution < -0.4 is 11.1 Å². The molecule has 110 valence electrons. The number of carbonyl (C=O) groups excluding carboxylic acids is 1. The number of thioether (sulfide) groups is 1. The molecule has 0 spiro atoms. The molecule has 3 N–H and O–H groups in total. The third-order valence-corrected chi connectivity index (χ3v) is 5.30. The second kappa shape index (κ2) is 7.70. The first-order chi connectivity index (χ1) is 9.74. The first-order valence-electron chi connectivity index (χ1n) is 7.51. The fourth-order valence-corrected chi connectivity index (χ4v) is 3.88. The van der Waals surface area contributed by atoms with Crippen LogP contribution in [0.15, 0.2) is 29.2 Å². The van der Waals surface area contributed by atoms with Crippen molar-refractivity contribution in [2.75, 3.05) is 11.9 Å². The highest BCUT2D eigenvalue weighted by Gasteiger charge is 2.19. The van der Waals surface area contributed by atoms with E-state index in [4.69, 9.17) is 5.73 Å². The van der Waals surface area contributed by atoms with Gasteiger partial charge in [-0.05, 0) is 31.4 Å². The third kappa shape index (κ3) is 4.00. The zero-order chi connectivity index (χ0) is 14.4. The number of benzene rings is 1. The van der Waals surface area contributed by atoms with Gasteiger partial charge in [-0.1, -0.05) is 31.9 Å². The van der Waals surface area contributed by atoms with Gasteiger partial charge in [0.15, 0.2) is 0 Å². The van der Waals surface area contributed by atoms with E-state index < -0.39 is 0 Å². The molecule has 1 fully saturated rings. The summed E-state index contributed by atoms with van der Waals surface area (Å²) in [5, 5.41) is 3.75. The highest BCUT2D eigenvalue weighted by atomic mass is 32.2. The quantitative estimate of drug-likeness (QED) is 0.841. The normalized spacial score (nSPS) is 17.1. The average Bonchev–Trinajstić information content (AvgIpc) is 2.95. The smallest absolute Gasteiger partial charge is 0.228 e. The van der Waals surface area contributed by atoms with E-state index in [0.29, 0.717) is 11.8 Å². The maximum Gasteiger partial charge on any atom is 0.228 e. The van der Waals surface area contributed by atoms with Crippen molar-refractivity contribution in [3.63, 3.8) is 0 Å². The van der Waals surface area contributed by atoms with Crippen LogP contribution in [-0.4, -0.2) is 17.7 Å². The van der Waals surface area contributed by atoms with Crippen LogP contribution in [0.5, 0.6) is 0 Å². The van der Waals surface area contributed by atoms with Gasteiger partial charge in [-0.25, -0.2) is 0 Å². The monoisotopic (exact) mass is 292 g/mol. The van der Waals surface area contributed by atoms with Crippen LogP contribution in [0.25, 0.3) is 0 Å². The maximum atomic E-state index is 12.2. The van der Waals surface area contributed by atoms with Gasteiger partial charge in [0.05, 0.1) is 11.6 Å². The molecule has 1 aromatic carbocycles. The molecule has 0 radical (unpaired) electrons. The summed E-state index contributed by atoms with van der Waals surface area (Å²) in [7, 11) is 0. The van der Waals surface area contributed by atoms with E-state index in [1.54, 1.807) is 0 Å². The van der Waals surface area contributed by atoms with Gasteiger partial charge in [0.25, 0.3) is 0 Å². The highest BCUT2D eigenvalue weighted by molar-refractivity contribution is 8.00. The van der Waals surface area contributed by atoms with Crippen molar-refractivity contribution in [2.45, 2.75) is 49.2 Å². The molecule has 1 aromatic rings. The molecular formula is C16H24N2OS. The second-order valence-electron chi connectivity index (χ2n) is 5.35. The van der Waals surface area contributed by atoms with E-state index in [1.807, 2.05) is 36.9 Å². The summed E-state index contributed by atoms with van der Waals surface area (Å²) in [6.07, 6.45) is 6.01. The van der Waals surface area contributed by atoms with Crippen LogP contribution >= 0.6 is 11.8 Å². The number of nitrogens with one attached hydrogen (secondary N) is 1. The van der Waals surface area contributed by atoms with E-state index in [0.717, 1.165) is 12.1 Å². The molecule has 1 aliphatic rings. The predicted octanol–water partition coefficient (Wildman–Crippen LogP) is 3.64. The molecule has 1 saturated carbocycles. The molecule has 1 unspecified atom stereocenters. The predicted molar refractivity (Wildman–Crippen MR) is 86.0 cm³/mol. The average molecular weight is 292 g/mol. The summed E-state index contributed by atoms with van der Waals surface area (Å²) in [5.74, 6) is -0.0611. The Balaban J connectivity index is 2.05. The summed E-state index contributed by atoms with van der Waals surface area (Å²) >= 11 is 1.90. The molecule has 0 aliphatic heterocycles. The third-order valence-electron chi connectivity index (χ3n) is 3.89. The Hall–Kier alpha value is -1.00. The molecule has 3 nitrogen and oxygen atoms in total. The Kier molecular flexibility index (Phi) is 5.92. The van der Waals surface area contributed by atoms with Crippen molar-refractivity contribution in [2.24, 2.45) is 11.7 Å². The minimum Gasteiger partial charge on any atom is -0.330 e. The van der Waals surface area contributed by atoms with Crippen molar-refractivity contribution in [3.05, 3.63) is 24.3 Å². The van der Waals surface area contributed by atoms with Gasteiger partial charge in [-0.3, -0.25) is 4.79 Å². The first kappa shape index (κ1) is 15.4. The number of carbonyl (C=O) groups is 1. The summed E-state index contributed by atoms with van der Waals surface area (Å²) in [4.78, 5) is 13.3. The van der Waals surface area contributed by atoms with Gasteiger partial charge < -0.3 is 11.1 Å². The number of nitrogens with two attached hydrogens (primary N) is 1. The minimum absolute atomic E-state index is 0.0365. The van der Waals surface area contributed by atoms with Crippen LogP contribution in [-0.2, 0) is 4.79 Å². The molecule has 0 bridgehead atoms. The minimum atomic E-state index is -0.0977. The van der Waals surface area contributed by atoms with Crippen LogP contribution in [0.4, 0.5) is 5.69 Å². The summed E-state index contributed by atoms with van der Waals surface area (Å²) in [6.45, 7) is 2.40. The largest absolute Gasteiger partial charge is 0.330 e. The SMILES string of the molecule is CCC(CN)C(=O)Nc1ccccc1SC1CCCC1. The molecule has 1 aliphatic carbocycles. The summed E-state index contributed by atoms with van der Waals surface area (Å²) in [6, 6.07) is 8.09. The van der Waals surface area contributed by atoms with Gasteiger partial charge in [0, 0.05) is 16.7 Å². The van der Waals surface area contributed by atoms with E-state index in [-0.39, 0.29) is 11.8 Å². The fourth-order valence-electron chi connectivity index (χ4n) is 2.55. The molecule has 1 amide bonds. The lowest BCUT2D eigenvalue weighted by atomic mass is 10.1. The molecular weight excluding hydrogens is 268 g/mol. The van der Waals surface area contributed by atoms with Crippen LogP contribution in [0, 0.1) is 5.92 Å². The molecule has 20 heavy (non-hydrogen) atoms. The lowest BCUT2D eigenvalue weighted by molar-refractivity contribution is -0.119. The second-order valence-corrected chi connectivity index (χ2v) is 6.69. The number of anilines is 1. The number of hydrogen-bond donors (Lipinski definition) is 2. The van der Waals surface area contributed by atoms with Gasteiger partial charge >= 0.3 is 0 Å². The first-order valence-corrected chi connectivity index (χ1v) is 8.39. The Labute approximate surface area is 125 Å². The molecule has 0 heterocycles. The molecule has 0 saturated heterocycles. The molecule has 4 heteroatoms. The summed E-state index contributed by atoms with van der Waals surface area (Å²) < 4.78 is 0. The zero-order valence-electron chi connectivity index (χ0n) is 12.1. The van der Waals surface area contributed by atoms with Crippen LogP contribution in [0.3, 0.4) is 0 Å². The number of amides is 1. The highest BCUT2D eigenvalue weighted by Crippen LogP contribution is 2.38. The van der Waals surface area contributed by atoms with Crippen molar-refractivity contribution >= 4 is 23.4 Å². The summed E-state index contributed by atoms with van der Waals surface area (Å²) in [5.41, 5.74) is 6.57. The lowest BCUT2D eigenvalue weighted by Gasteiger charge is -2.17. The van der Waals surface area contributed by atoms with Gasteiger partial charge in [0.1, 0.15) is 0 Å². The Morgan fingerprint density at radius 2 is 2.10 bits per heavy atom. The fraction of sp³-hybridized carbons (Fsp3) is 0.562. The van der Waals surface area contributed by atoms with E-state index in [1.165, 1.54) is 30.6 Å². The Bertz CT molecular complexity index is 440. The zero-order valence-corrected chi connectivity index (χ0v) is 12.9. The maximum absolute atomic E-state index is 12.2. The van der Waals surface area contributed by atoms with E-state index >= 15 is 0 Å². The number of para-hydroxylation sites is 1. The molecule has 0 aromatic heterocycles. The standard InChI is InChI=1S/C16H24N2OS/c1-2-12(11-17)16(19)18-14-9-5-6-10-15(14)20-13-7-3-4-8-13/h5-6,9-10,12-13H,2-4,7-8,11,17H2,1H3,(H,18,19). The van der Waals surface area contributed by atoms with Gasteiger partial charge in [-0.2, -0.15) is 0 Å². The van der Waals surface area contributed by atoms with Crippen molar-refractivity contribution < 1.29 is 4.79 Å². The van der Waals surface area contributed by atoms with Crippen molar-refractivity contribution in [1.82, 2.24) is 0 Å². The van der Waals surface area contributed by atoms with Crippen LogP contribution in [0.1, 0.15) is 39.0 Å². The Morgan fingerprint density at radius 3 is 2.75 bits per heavy atom. The lowest BCUT2D eigenvalue weighted by Crippen LogP contribution is -2.28. The Morgan fingerprint density at radius 1 is 1.40 bits per heavy atom. The number of hydrogen-bond acceptors (Lipinski definition) is 3. The van der Waals surface area contributed by atoms with Gasteiger partial charge in [-0.15, -0.1) is 11.8 Å². The van der Waals surface area contributed by atoms with E-state index in [2.05, 4.69) is 11.4 Å². The number of rotatable bonds is 6. The topological polar surface area (TPSA) is 55.1 Å². The van der Waals surface area contributed by atoms with Crippen molar-refractivity contribution in [3.8, 4) is 0 Å².